The number of ether oxygens (including phenoxy) is 2. The second-order valence-corrected chi connectivity index (χ2v) is 7.97. The van der Waals surface area contributed by atoms with E-state index < -0.39 is 0 Å². The van der Waals surface area contributed by atoms with Gasteiger partial charge in [0.25, 0.3) is 0 Å². The van der Waals surface area contributed by atoms with Crippen LogP contribution in [0.4, 0.5) is 0 Å². The molecular weight excluding hydrogens is 382 g/mol. The molecule has 4 rings (SSSR count). The van der Waals surface area contributed by atoms with Crippen molar-refractivity contribution in [2.75, 3.05) is 13.7 Å². The molecule has 31 heavy (non-hydrogen) atoms. The van der Waals surface area contributed by atoms with E-state index in [-0.39, 0.29) is 6.04 Å². The lowest BCUT2D eigenvalue weighted by atomic mass is 9.96. The average Bonchev–Trinajstić information content (AvgIpc) is 3.15. The molecule has 1 atom stereocenters. The van der Waals surface area contributed by atoms with Gasteiger partial charge in [0.2, 0.25) is 0 Å². The summed E-state index contributed by atoms with van der Waals surface area (Å²) in [5, 5.41) is 0. The number of hydrogen-bond donors (Lipinski definition) is 0. The van der Waals surface area contributed by atoms with Crippen molar-refractivity contribution in [3.05, 3.63) is 101 Å². The fraction of sp³-hybridized carbons (Fsp3) is 0.286. The highest BCUT2D eigenvalue weighted by Crippen LogP contribution is 2.39. The maximum Gasteiger partial charge on any atom is 0.119 e. The molecule has 0 saturated carbocycles. The van der Waals surface area contributed by atoms with Crippen molar-refractivity contribution in [1.82, 2.24) is 4.90 Å². The molecule has 1 heterocycles. The number of methoxy groups -OCH3 is 1. The summed E-state index contributed by atoms with van der Waals surface area (Å²) in [6.07, 6.45) is 2.09. The zero-order chi connectivity index (χ0) is 21.8. The molecule has 1 aliphatic heterocycles. The Hall–Kier alpha value is -3.20. The second kappa shape index (κ2) is 9.30. The molecule has 0 bridgehead atoms. The van der Waals surface area contributed by atoms with Gasteiger partial charge in [-0.1, -0.05) is 62.9 Å². The molecule has 0 amide bonds. The van der Waals surface area contributed by atoms with Crippen molar-refractivity contribution < 1.29 is 9.47 Å². The number of rotatable bonds is 8. The minimum absolute atomic E-state index is 0.0817. The van der Waals surface area contributed by atoms with Crippen LogP contribution in [0, 0.1) is 0 Å². The molecule has 0 fully saturated rings. The van der Waals surface area contributed by atoms with Crippen molar-refractivity contribution in [2.24, 2.45) is 0 Å². The summed E-state index contributed by atoms with van der Waals surface area (Å²) in [7, 11) is 1.67. The van der Waals surface area contributed by atoms with Gasteiger partial charge < -0.3 is 14.4 Å². The summed E-state index contributed by atoms with van der Waals surface area (Å²) in [5.41, 5.74) is 7.73. The van der Waals surface area contributed by atoms with E-state index in [0.29, 0.717) is 6.61 Å². The first kappa shape index (κ1) is 21.0. The van der Waals surface area contributed by atoms with Crippen LogP contribution in [0.1, 0.15) is 47.7 Å². The molecule has 3 aromatic carbocycles. The topological polar surface area (TPSA) is 21.7 Å². The number of fused-ring (bicyclic) bond motifs is 1. The van der Waals surface area contributed by atoms with E-state index in [1.54, 1.807) is 7.11 Å². The van der Waals surface area contributed by atoms with Crippen LogP contribution < -0.4 is 9.47 Å². The third-order valence-electron chi connectivity index (χ3n) is 6.24. The van der Waals surface area contributed by atoms with Gasteiger partial charge in [-0.2, -0.15) is 0 Å². The van der Waals surface area contributed by atoms with Crippen LogP contribution in [0.15, 0.2) is 73.3 Å². The highest BCUT2D eigenvalue weighted by atomic mass is 16.5. The highest BCUT2D eigenvalue weighted by Gasteiger charge is 2.30. The van der Waals surface area contributed by atoms with Crippen LogP contribution in [-0.2, 0) is 19.4 Å². The minimum Gasteiger partial charge on any atom is -0.497 e. The van der Waals surface area contributed by atoms with Crippen LogP contribution >= 0.6 is 0 Å². The first-order chi connectivity index (χ1) is 15.1. The predicted octanol–water partition coefficient (Wildman–Crippen LogP) is 6.43. The Morgan fingerprint density at radius 3 is 2.29 bits per heavy atom. The zero-order valence-electron chi connectivity index (χ0n) is 18.7. The molecule has 1 unspecified atom stereocenters. The Balaban J connectivity index is 1.64. The summed E-state index contributed by atoms with van der Waals surface area (Å²) in [6, 6.07) is 23.3. The van der Waals surface area contributed by atoms with Crippen LogP contribution in [0.25, 0.3) is 5.70 Å². The van der Waals surface area contributed by atoms with Gasteiger partial charge >= 0.3 is 0 Å². The van der Waals surface area contributed by atoms with E-state index in [1.807, 2.05) is 24.3 Å². The summed E-state index contributed by atoms with van der Waals surface area (Å²) in [4.78, 5) is 2.38. The van der Waals surface area contributed by atoms with Gasteiger partial charge in [-0.3, -0.25) is 0 Å². The summed E-state index contributed by atoms with van der Waals surface area (Å²) >= 11 is 0. The third kappa shape index (κ3) is 4.32. The normalized spacial score (nSPS) is 13.8. The Morgan fingerprint density at radius 1 is 0.903 bits per heavy atom. The molecule has 0 aromatic heterocycles. The fourth-order valence-electron chi connectivity index (χ4n) is 4.41. The Bertz CT molecular complexity index is 1050. The van der Waals surface area contributed by atoms with Gasteiger partial charge in [0.15, 0.2) is 0 Å². The van der Waals surface area contributed by atoms with Crippen molar-refractivity contribution in [3.63, 3.8) is 0 Å². The number of benzene rings is 3. The van der Waals surface area contributed by atoms with Crippen molar-refractivity contribution in [3.8, 4) is 11.5 Å². The number of aryl methyl sites for hydroxylation is 2. The molecule has 0 N–H and O–H groups in total. The van der Waals surface area contributed by atoms with E-state index in [9.17, 15) is 0 Å². The van der Waals surface area contributed by atoms with Gasteiger partial charge in [-0.15, -0.1) is 0 Å². The van der Waals surface area contributed by atoms with Crippen LogP contribution in [-0.4, -0.2) is 18.6 Å². The van der Waals surface area contributed by atoms with E-state index in [2.05, 4.69) is 67.8 Å². The monoisotopic (exact) mass is 413 g/mol. The van der Waals surface area contributed by atoms with Gasteiger partial charge in [-0.05, 0) is 59.4 Å². The summed E-state index contributed by atoms with van der Waals surface area (Å²) in [6.45, 7) is 10.3. The lowest BCUT2D eigenvalue weighted by molar-refractivity contribution is 0.190. The van der Waals surface area contributed by atoms with Gasteiger partial charge in [0.05, 0.1) is 13.2 Å². The van der Waals surface area contributed by atoms with Gasteiger partial charge in [-0.25, -0.2) is 0 Å². The van der Waals surface area contributed by atoms with E-state index in [4.69, 9.17) is 9.47 Å². The lowest BCUT2D eigenvalue weighted by Crippen LogP contribution is -2.28. The largest absolute Gasteiger partial charge is 0.497 e. The number of hydrogen-bond acceptors (Lipinski definition) is 3. The molecule has 0 radical (unpaired) electrons. The molecule has 3 nitrogen and oxygen atoms in total. The molecule has 0 spiro atoms. The summed E-state index contributed by atoms with van der Waals surface area (Å²) < 4.78 is 11.5. The highest BCUT2D eigenvalue weighted by molar-refractivity contribution is 5.69. The van der Waals surface area contributed by atoms with Crippen LogP contribution in [0.3, 0.4) is 0 Å². The second-order valence-electron chi connectivity index (χ2n) is 7.97. The predicted molar refractivity (Wildman–Crippen MR) is 127 cm³/mol. The lowest BCUT2D eigenvalue weighted by Gasteiger charge is -2.31. The van der Waals surface area contributed by atoms with Crippen molar-refractivity contribution in [1.29, 1.82) is 0 Å². The van der Waals surface area contributed by atoms with Gasteiger partial charge in [0.1, 0.15) is 18.1 Å². The maximum absolute atomic E-state index is 6.27. The van der Waals surface area contributed by atoms with Gasteiger partial charge in [0, 0.05) is 17.8 Å². The standard InChI is InChI=1S/C28H31NO2/c1-5-21-11-12-23(17-22(21)6-2)28(19-31-26-15-13-25(30-4)14-16-26)29-18-24-9-7-8-10-27(24)20(29)3/h7-17,28H,3,5-6,18-19H2,1-2,4H3. The molecule has 0 saturated heterocycles. The zero-order valence-corrected chi connectivity index (χ0v) is 18.7. The first-order valence-electron chi connectivity index (χ1n) is 11.1. The quantitative estimate of drug-likeness (QED) is 0.425. The third-order valence-corrected chi connectivity index (χ3v) is 6.24. The summed E-state index contributed by atoms with van der Waals surface area (Å²) in [5.74, 6) is 1.67. The molecule has 3 aromatic rings. The van der Waals surface area contributed by atoms with Crippen LogP contribution in [0.5, 0.6) is 11.5 Å². The Morgan fingerprint density at radius 2 is 1.61 bits per heavy atom. The average molecular weight is 414 g/mol. The van der Waals surface area contributed by atoms with E-state index in [0.717, 1.165) is 36.6 Å². The molecule has 160 valence electrons. The molecule has 0 aliphatic carbocycles. The molecular formula is C28H31NO2. The minimum atomic E-state index is 0.0817. The Labute approximate surface area is 185 Å². The van der Waals surface area contributed by atoms with Crippen molar-refractivity contribution >= 4 is 5.70 Å². The van der Waals surface area contributed by atoms with E-state index in [1.165, 1.54) is 27.8 Å². The first-order valence-corrected chi connectivity index (χ1v) is 11.1. The van der Waals surface area contributed by atoms with Crippen LogP contribution in [0.2, 0.25) is 0 Å². The SMILES string of the molecule is C=C1c2ccccc2CN1C(COc1ccc(OC)cc1)c1ccc(CC)c(CC)c1. The molecule has 3 heteroatoms. The van der Waals surface area contributed by atoms with E-state index >= 15 is 0 Å². The smallest absolute Gasteiger partial charge is 0.119 e. The fourth-order valence-corrected chi connectivity index (χ4v) is 4.41. The Kier molecular flexibility index (Phi) is 6.31. The molecule has 1 aliphatic rings. The maximum atomic E-state index is 6.27. The van der Waals surface area contributed by atoms with Crippen molar-refractivity contribution in [2.45, 2.75) is 39.3 Å². The number of nitrogens with zero attached hydrogens (tertiary/aromatic N) is 1.